The second-order valence-corrected chi connectivity index (χ2v) is 10.5. The van der Waals surface area contributed by atoms with Crippen LogP contribution in [-0.2, 0) is 54.9 Å². The zero-order chi connectivity index (χ0) is 32.2. The van der Waals surface area contributed by atoms with Gasteiger partial charge in [0.25, 0.3) is 11.9 Å². The Morgan fingerprint density at radius 2 is 0.800 bits per heavy atom. The molecule has 0 unspecified atom stereocenters. The van der Waals surface area contributed by atoms with E-state index < -0.39 is 42.9 Å². The first-order valence-corrected chi connectivity index (χ1v) is 14.4. The summed E-state index contributed by atoms with van der Waals surface area (Å²) in [7, 11) is 3.65. The number of ether oxygens (including phenoxy) is 4. The monoisotopic (exact) mass is 670 g/mol. The molecule has 0 saturated carbocycles. The van der Waals surface area contributed by atoms with E-state index in [0.29, 0.717) is 0 Å². The number of carbonyl (C=O) groups excluding carboxylic acids is 4. The number of hydrogen-bond acceptors (Lipinski definition) is 8. The first-order valence-electron chi connectivity index (χ1n) is 13.1. The van der Waals surface area contributed by atoms with Crippen LogP contribution in [0.2, 0.25) is 0 Å². The zero-order valence-corrected chi connectivity index (χ0v) is 27.0. The molecule has 8 nitrogen and oxygen atoms in total. The Kier molecular flexibility index (Phi) is 18.8. The maximum absolute atomic E-state index is 11.5. The number of allylic oxidation sites excluding steroid dienone is 4. The van der Waals surface area contributed by atoms with Crippen molar-refractivity contribution in [1.29, 1.82) is 0 Å². The largest absolute Gasteiger partial charge is 2.00 e. The van der Waals surface area contributed by atoms with Crippen molar-refractivity contribution in [3.05, 3.63) is 145 Å². The summed E-state index contributed by atoms with van der Waals surface area (Å²) in [4.78, 5) is 45.4. The SMILES string of the molecule is COC(=O)[C-]=C(C(=O)OC)C(=[C-]C(=O)OC)C(=O)OC.[CH]1C=CC=C1.[Co+2].c1ccc(P(c2ccccc2)c2ccccc2)cc1. The third-order valence-electron chi connectivity index (χ3n) is 5.45. The molecule has 0 amide bonds. The van der Waals surface area contributed by atoms with Crippen molar-refractivity contribution in [2.75, 3.05) is 28.4 Å². The van der Waals surface area contributed by atoms with Crippen LogP contribution in [0.15, 0.2) is 126 Å². The number of esters is 4. The molecule has 0 aromatic heterocycles. The maximum atomic E-state index is 11.5. The molecular formula is C35H32CoO8P. The normalized spacial score (nSPS) is 11.5. The van der Waals surface area contributed by atoms with E-state index in [4.69, 9.17) is 0 Å². The quantitative estimate of drug-likeness (QED) is 0.0889. The topological polar surface area (TPSA) is 105 Å². The van der Waals surface area contributed by atoms with E-state index >= 15 is 0 Å². The van der Waals surface area contributed by atoms with E-state index in [0.717, 1.165) is 28.4 Å². The van der Waals surface area contributed by atoms with Crippen LogP contribution in [0, 0.1) is 18.6 Å². The Bertz CT molecular complexity index is 1340. The number of hydrogen-bond donors (Lipinski definition) is 0. The fourth-order valence-corrected chi connectivity index (χ4v) is 5.75. The summed E-state index contributed by atoms with van der Waals surface area (Å²) >= 11 is 0. The van der Waals surface area contributed by atoms with Crippen LogP contribution in [0.1, 0.15) is 0 Å². The third-order valence-corrected chi connectivity index (χ3v) is 7.90. The van der Waals surface area contributed by atoms with Gasteiger partial charge in [0.2, 0.25) is 0 Å². The standard InChI is InChI=1S/C18H15P.C12H12O8.C5H5.Co/c1-4-10-16(11-5-1)19(17-12-6-2-7-13-17)18-14-8-3-9-15-18;1-17-9(13)5-7(11(15)19-3)8(12(16)20-4)6-10(14)18-2;1-2-4-5-3-1;/h1-15H;1-4H3;1-5H;/q;-2;;+2. The van der Waals surface area contributed by atoms with Gasteiger partial charge in [-0.2, -0.15) is 0 Å². The van der Waals surface area contributed by atoms with Crippen molar-refractivity contribution in [3.8, 4) is 0 Å². The van der Waals surface area contributed by atoms with Gasteiger partial charge < -0.3 is 28.5 Å². The van der Waals surface area contributed by atoms with Gasteiger partial charge >= 0.3 is 16.8 Å². The van der Waals surface area contributed by atoms with Gasteiger partial charge in [0.05, 0.1) is 28.4 Å². The third kappa shape index (κ3) is 13.3. The molecule has 45 heavy (non-hydrogen) atoms. The van der Waals surface area contributed by atoms with Crippen LogP contribution in [0.3, 0.4) is 0 Å². The van der Waals surface area contributed by atoms with Gasteiger partial charge in [0, 0.05) is 6.42 Å². The van der Waals surface area contributed by atoms with Crippen LogP contribution >= 0.6 is 7.92 Å². The predicted molar refractivity (Wildman–Crippen MR) is 169 cm³/mol. The van der Waals surface area contributed by atoms with Gasteiger partial charge in [-0.15, -0.1) is 12.2 Å². The van der Waals surface area contributed by atoms with E-state index in [2.05, 4.69) is 110 Å². The molecule has 0 bridgehead atoms. The number of benzene rings is 3. The van der Waals surface area contributed by atoms with Crippen molar-refractivity contribution >= 4 is 47.7 Å². The van der Waals surface area contributed by atoms with Crippen LogP contribution in [0.5, 0.6) is 0 Å². The summed E-state index contributed by atoms with van der Waals surface area (Å²) in [5.74, 6) is -4.32. The molecule has 1 aliphatic carbocycles. The van der Waals surface area contributed by atoms with Crippen LogP contribution < -0.4 is 15.9 Å². The molecule has 4 rings (SSSR count). The van der Waals surface area contributed by atoms with Gasteiger partial charge in [0.1, 0.15) is 0 Å². The molecular weight excluding hydrogens is 638 g/mol. The molecule has 0 atom stereocenters. The maximum Gasteiger partial charge on any atom is 2.00 e. The Labute approximate surface area is 275 Å². The minimum Gasteiger partial charge on any atom is -0.531 e. The molecule has 0 heterocycles. The molecule has 3 aromatic rings. The number of methoxy groups -OCH3 is 4. The van der Waals surface area contributed by atoms with E-state index in [1.54, 1.807) is 0 Å². The summed E-state index contributed by atoms with van der Waals surface area (Å²) in [6.07, 6.45) is 13.9. The molecule has 0 saturated heterocycles. The molecule has 2 radical (unpaired) electrons. The Morgan fingerprint density at radius 1 is 0.489 bits per heavy atom. The van der Waals surface area contributed by atoms with Gasteiger partial charge in [-0.1, -0.05) is 115 Å². The minimum absolute atomic E-state index is 0. The molecule has 0 N–H and O–H groups in total. The van der Waals surface area contributed by atoms with Crippen molar-refractivity contribution in [2.24, 2.45) is 0 Å². The van der Waals surface area contributed by atoms with E-state index in [1.165, 1.54) is 15.9 Å². The molecule has 10 heteroatoms. The van der Waals surface area contributed by atoms with Gasteiger partial charge in [0.15, 0.2) is 11.9 Å². The Hall–Kier alpha value is -4.56. The van der Waals surface area contributed by atoms with E-state index in [-0.39, 0.29) is 16.8 Å². The fourth-order valence-electron chi connectivity index (χ4n) is 3.44. The van der Waals surface area contributed by atoms with E-state index in [1.807, 2.05) is 42.9 Å². The summed E-state index contributed by atoms with van der Waals surface area (Å²) in [5, 5.41) is 4.19. The first-order chi connectivity index (χ1) is 21.4. The second-order valence-electron chi connectivity index (χ2n) is 8.27. The average Bonchev–Trinajstić information content (AvgIpc) is 3.68. The molecule has 0 spiro atoms. The summed E-state index contributed by atoms with van der Waals surface area (Å²) in [5.41, 5.74) is -1.34. The van der Waals surface area contributed by atoms with Crippen LogP contribution in [-0.4, -0.2) is 52.3 Å². The number of rotatable bonds is 8. The summed E-state index contributed by atoms with van der Waals surface area (Å²) < 4.78 is 17.3. The molecule has 0 aliphatic heterocycles. The fraction of sp³-hybridized carbons (Fsp3) is 0.114. The summed E-state index contributed by atoms with van der Waals surface area (Å²) in [6, 6.07) is 32.3. The Balaban J connectivity index is 0.000000381. The van der Waals surface area contributed by atoms with Crippen molar-refractivity contribution in [1.82, 2.24) is 0 Å². The van der Waals surface area contributed by atoms with Crippen molar-refractivity contribution in [2.45, 2.75) is 0 Å². The summed E-state index contributed by atoms with van der Waals surface area (Å²) in [6.45, 7) is 0. The predicted octanol–water partition coefficient (Wildman–Crippen LogP) is 3.90. The van der Waals surface area contributed by atoms with E-state index in [9.17, 15) is 19.2 Å². The minimum atomic E-state index is -1.10. The van der Waals surface area contributed by atoms with Gasteiger partial charge in [-0.05, 0) is 23.8 Å². The zero-order valence-electron chi connectivity index (χ0n) is 25.1. The van der Waals surface area contributed by atoms with Crippen LogP contribution in [0.4, 0.5) is 0 Å². The van der Waals surface area contributed by atoms with Gasteiger partial charge in [-0.3, -0.25) is 9.59 Å². The van der Waals surface area contributed by atoms with Crippen LogP contribution in [0.25, 0.3) is 0 Å². The smallest absolute Gasteiger partial charge is 0.531 e. The Morgan fingerprint density at radius 3 is 1.02 bits per heavy atom. The molecule has 234 valence electrons. The molecule has 1 aliphatic rings. The second kappa shape index (κ2) is 22.0. The average molecular weight is 671 g/mol. The van der Waals surface area contributed by atoms with Crippen molar-refractivity contribution < 1.29 is 54.9 Å². The van der Waals surface area contributed by atoms with Crippen molar-refractivity contribution in [3.63, 3.8) is 0 Å². The molecule has 3 aromatic carbocycles. The number of carbonyl (C=O) groups is 4. The molecule has 0 fully saturated rings. The van der Waals surface area contributed by atoms with Gasteiger partial charge in [-0.25, -0.2) is 11.1 Å². The first kappa shape index (κ1) is 38.5.